The van der Waals surface area contributed by atoms with Gasteiger partial charge >= 0.3 is 5.97 Å². The van der Waals surface area contributed by atoms with Crippen LogP contribution in [0.15, 0.2) is 30.3 Å². The molecule has 5 atom stereocenters. The van der Waals surface area contributed by atoms with E-state index in [-0.39, 0.29) is 18.8 Å². The summed E-state index contributed by atoms with van der Waals surface area (Å²) in [7, 11) is 0. The van der Waals surface area contributed by atoms with E-state index >= 15 is 0 Å². The van der Waals surface area contributed by atoms with Crippen LogP contribution in [-0.2, 0) is 25.6 Å². The number of aliphatic hydroxyl groups is 2. The van der Waals surface area contributed by atoms with Crippen molar-refractivity contribution in [1.82, 2.24) is 16.0 Å². The van der Waals surface area contributed by atoms with Gasteiger partial charge in [-0.3, -0.25) is 14.4 Å². The van der Waals surface area contributed by atoms with Gasteiger partial charge in [0, 0.05) is 6.42 Å². The highest BCUT2D eigenvalue weighted by Crippen LogP contribution is 2.09. The van der Waals surface area contributed by atoms with Crippen LogP contribution in [0.3, 0.4) is 0 Å². The summed E-state index contributed by atoms with van der Waals surface area (Å²) in [6, 6.07) is 3.86. The number of nitrogens with two attached hydrogens (primary N) is 1. The Kier molecular flexibility index (Phi) is 11.5. The molecule has 0 radical (unpaired) electrons. The van der Waals surface area contributed by atoms with Crippen molar-refractivity contribution in [2.45, 2.75) is 63.9 Å². The van der Waals surface area contributed by atoms with E-state index in [1.54, 1.807) is 30.3 Å². The molecule has 0 fully saturated rings. The number of benzene rings is 1. The number of carbonyl (C=O) groups is 4. The molecule has 0 saturated carbocycles. The molecule has 0 bridgehead atoms. The van der Waals surface area contributed by atoms with Gasteiger partial charge in [-0.2, -0.15) is 0 Å². The highest BCUT2D eigenvalue weighted by atomic mass is 16.4. The van der Waals surface area contributed by atoms with Gasteiger partial charge in [-0.05, 0) is 24.8 Å². The van der Waals surface area contributed by atoms with Crippen LogP contribution in [0, 0.1) is 5.92 Å². The van der Waals surface area contributed by atoms with Crippen LogP contribution < -0.4 is 21.7 Å². The van der Waals surface area contributed by atoms with Crippen molar-refractivity contribution >= 4 is 23.7 Å². The largest absolute Gasteiger partial charge is 0.480 e. The van der Waals surface area contributed by atoms with Crippen molar-refractivity contribution in [3.05, 3.63) is 35.9 Å². The summed E-state index contributed by atoms with van der Waals surface area (Å²) in [4.78, 5) is 49.4. The molecule has 1 aromatic carbocycles. The Hall–Kier alpha value is -3.02. The van der Waals surface area contributed by atoms with Gasteiger partial charge < -0.3 is 37.0 Å². The summed E-state index contributed by atoms with van der Waals surface area (Å²) in [6.45, 7) is 4.25. The number of carbonyl (C=O) groups excluding carboxylic acids is 3. The van der Waals surface area contributed by atoms with E-state index in [1.165, 1.54) is 6.92 Å². The molecule has 0 heterocycles. The van der Waals surface area contributed by atoms with Crippen LogP contribution in [-0.4, -0.2) is 75.9 Å². The van der Waals surface area contributed by atoms with E-state index in [2.05, 4.69) is 16.0 Å². The maximum Gasteiger partial charge on any atom is 0.328 e. The minimum Gasteiger partial charge on any atom is -0.480 e. The fourth-order valence-corrected chi connectivity index (χ4v) is 3.04. The molecule has 184 valence electrons. The predicted molar refractivity (Wildman–Crippen MR) is 120 cm³/mol. The van der Waals surface area contributed by atoms with Gasteiger partial charge in [0.25, 0.3) is 0 Å². The van der Waals surface area contributed by atoms with E-state index in [9.17, 15) is 29.4 Å². The van der Waals surface area contributed by atoms with Crippen LogP contribution in [0.25, 0.3) is 0 Å². The lowest BCUT2D eigenvalue weighted by molar-refractivity contribution is -0.145. The maximum absolute atomic E-state index is 13.1. The monoisotopic (exact) mass is 466 g/mol. The summed E-state index contributed by atoms with van der Waals surface area (Å²) in [5.41, 5.74) is 6.28. The van der Waals surface area contributed by atoms with Gasteiger partial charge in [0.2, 0.25) is 17.7 Å². The van der Waals surface area contributed by atoms with Crippen LogP contribution in [0.5, 0.6) is 0 Å². The number of nitrogens with one attached hydrogen (secondary N) is 3. The smallest absolute Gasteiger partial charge is 0.328 e. The second kappa shape index (κ2) is 13.5. The molecule has 1 aromatic rings. The lowest BCUT2D eigenvalue weighted by Crippen LogP contribution is -2.59. The van der Waals surface area contributed by atoms with Crippen LogP contribution in [0.2, 0.25) is 0 Å². The first-order valence-corrected chi connectivity index (χ1v) is 10.7. The minimum atomic E-state index is -1.55. The topological polar surface area (TPSA) is 191 Å². The molecule has 0 aliphatic rings. The number of amides is 3. The Bertz CT molecular complexity index is 801. The third-order valence-electron chi connectivity index (χ3n) is 4.84. The van der Waals surface area contributed by atoms with Gasteiger partial charge in [-0.1, -0.05) is 44.2 Å². The summed E-state index contributed by atoms with van der Waals surface area (Å²) >= 11 is 0. The van der Waals surface area contributed by atoms with E-state index in [1.807, 2.05) is 13.8 Å². The van der Waals surface area contributed by atoms with Gasteiger partial charge in [-0.25, -0.2) is 4.79 Å². The van der Waals surface area contributed by atoms with Crippen molar-refractivity contribution in [3.63, 3.8) is 0 Å². The molecule has 3 amide bonds. The predicted octanol–water partition coefficient (Wildman–Crippen LogP) is -1.49. The van der Waals surface area contributed by atoms with Gasteiger partial charge in [0.05, 0.1) is 12.7 Å². The Morgan fingerprint density at radius 2 is 1.45 bits per heavy atom. The van der Waals surface area contributed by atoms with Gasteiger partial charge in [0.1, 0.15) is 18.1 Å². The van der Waals surface area contributed by atoms with Crippen molar-refractivity contribution < 1.29 is 34.5 Å². The van der Waals surface area contributed by atoms with Gasteiger partial charge in [-0.15, -0.1) is 0 Å². The molecule has 11 heteroatoms. The standard InChI is InChI=1S/C22H34N4O7/c1-12(2)9-16(21(31)26-18(13(3)28)22(32)33)25-20(30)17(24-19(29)15(23)11-27)10-14-7-5-4-6-8-14/h4-8,12-13,15-18,27-28H,9-11,23H2,1-3H3,(H,24,29)(H,25,30)(H,26,31)(H,32,33). The summed E-state index contributed by atoms with van der Waals surface area (Å²) < 4.78 is 0. The first-order chi connectivity index (χ1) is 15.5. The highest BCUT2D eigenvalue weighted by molar-refractivity contribution is 5.94. The molecule has 1 rings (SSSR count). The zero-order chi connectivity index (χ0) is 25.1. The number of carboxylic acid groups (broad SMARTS) is 1. The molecule has 8 N–H and O–H groups in total. The zero-order valence-electron chi connectivity index (χ0n) is 19.0. The number of aliphatic hydroxyl groups excluding tert-OH is 2. The molecule has 11 nitrogen and oxygen atoms in total. The Morgan fingerprint density at radius 1 is 0.909 bits per heavy atom. The van der Waals surface area contributed by atoms with E-state index in [4.69, 9.17) is 10.8 Å². The zero-order valence-corrected chi connectivity index (χ0v) is 19.0. The van der Waals surface area contributed by atoms with Crippen LogP contribution in [0.1, 0.15) is 32.8 Å². The first kappa shape index (κ1) is 28.0. The lowest BCUT2D eigenvalue weighted by Gasteiger charge is -2.26. The molecule has 5 unspecified atom stereocenters. The second-order valence-electron chi connectivity index (χ2n) is 8.30. The highest BCUT2D eigenvalue weighted by Gasteiger charge is 2.32. The van der Waals surface area contributed by atoms with Gasteiger partial charge in [0.15, 0.2) is 6.04 Å². The molecular weight excluding hydrogens is 432 g/mol. The summed E-state index contributed by atoms with van der Waals surface area (Å²) in [5, 5.41) is 35.3. The summed E-state index contributed by atoms with van der Waals surface area (Å²) in [6.07, 6.45) is -1.07. The second-order valence-corrected chi connectivity index (χ2v) is 8.30. The average molecular weight is 467 g/mol. The van der Waals surface area contributed by atoms with Crippen LogP contribution in [0.4, 0.5) is 0 Å². The lowest BCUT2D eigenvalue weighted by atomic mass is 10.0. The Balaban J connectivity index is 3.08. The van der Waals surface area contributed by atoms with Crippen molar-refractivity contribution in [2.24, 2.45) is 11.7 Å². The number of rotatable bonds is 13. The quantitative estimate of drug-likeness (QED) is 0.183. The number of hydrogen-bond donors (Lipinski definition) is 7. The Labute approximate surface area is 192 Å². The number of carboxylic acids is 1. The molecule has 33 heavy (non-hydrogen) atoms. The van der Waals surface area contributed by atoms with E-state index < -0.39 is 60.6 Å². The average Bonchev–Trinajstić information content (AvgIpc) is 2.75. The molecule has 0 spiro atoms. The van der Waals surface area contributed by atoms with Crippen molar-refractivity contribution in [1.29, 1.82) is 0 Å². The van der Waals surface area contributed by atoms with E-state index in [0.717, 1.165) is 5.56 Å². The molecule has 0 saturated heterocycles. The molecule has 0 aliphatic carbocycles. The van der Waals surface area contributed by atoms with Crippen molar-refractivity contribution in [3.8, 4) is 0 Å². The molecule has 0 aromatic heterocycles. The number of hydrogen-bond acceptors (Lipinski definition) is 7. The Morgan fingerprint density at radius 3 is 1.94 bits per heavy atom. The normalized spacial score (nSPS) is 15.6. The number of aliphatic carboxylic acids is 1. The summed E-state index contributed by atoms with van der Waals surface area (Å²) in [5.74, 6) is -3.65. The van der Waals surface area contributed by atoms with Crippen LogP contribution >= 0.6 is 0 Å². The van der Waals surface area contributed by atoms with Crippen molar-refractivity contribution in [2.75, 3.05) is 6.61 Å². The van der Waals surface area contributed by atoms with E-state index in [0.29, 0.717) is 0 Å². The fourth-order valence-electron chi connectivity index (χ4n) is 3.04. The maximum atomic E-state index is 13.1. The SMILES string of the molecule is CC(C)CC(NC(=O)C(Cc1ccccc1)NC(=O)C(N)CO)C(=O)NC(C(=O)O)C(C)O. The third-order valence-corrected chi connectivity index (χ3v) is 4.84. The minimum absolute atomic E-state index is 0.0409. The molecular formula is C22H34N4O7. The first-order valence-electron chi connectivity index (χ1n) is 10.7. The fraction of sp³-hybridized carbons (Fsp3) is 0.545. The molecule has 0 aliphatic heterocycles. The third kappa shape index (κ3) is 9.56.